The van der Waals surface area contributed by atoms with Gasteiger partial charge >= 0.3 is 0 Å². The molecule has 1 atom stereocenters. The fourth-order valence-corrected chi connectivity index (χ4v) is 2.96. The summed E-state index contributed by atoms with van der Waals surface area (Å²) >= 11 is 5.06. The average molecular weight is 244 g/mol. The van der Waals surface area contributed by atoms with Crippen molar-refractivity contribution in [3.05, 3.63) is 51.6 Å². The molecule has 3 rings (SSSR count). The Morgan fingerprint density at radius 1 is 1.41 bits per heavy atom. The molecule has 88 valence electrons. The molecule has 1 aliphatic carbocycles. The zero-order valence-electron chi connectivity index (χ0n) is 9.92. The highest BCUT2D eigenvalue weighted by molar-refractivity contribution is 7.71. The highest BCUT2D eigenvalue weighted by Gasteiger charge is 2.22. The van der Waals surface area contributed by atoms with Crippen LogP contribution >= 0.6 is 12.2 Å². The van der Waals surface area contributed by atoms with Gasteiger partial charge in [0.15, 0.2) is 4.77 Å². The number of imidazole rings is 1. The predicted molar refractivity (Wildman–Crippen MR) is 71.9 cm³/mol. The van der Waals surface area contributed by atoms with Crippen LogP contribution in [0, 0.1) is 11.7 Å². The largest absolute Gasteiger partial charge is 0.337 e. The Kier molecular flexibility index (Phi) is 2.63. The van der Waals surface area contributed by atoms with E-state index in [4.69, 9.17) is 12.2 Å². The third kappa shape index (κ3) is 2.07. The second-order valence-corrected chi connectivity index (χ2v) is 5.32. The lowest BCUT2D eigenvalue weighted by atomic mass is 9.95. The summed E-state index contributed by atoms with van der Waals surface area (Å²) in [6, 6.07) is 6.84. The minimum Gasteiger partial charge on any atom is -0.337 e. The van der Waals surface area contributed by atoms with E-state index in [-0.39, 0.29) is 0 Å². The Balaban J connectivity index is 1.88. The molecule has 0 spiro atoms. The lowest BCUT2D eigenvalue weighted by Gasteiger charge is -2.10. The van der Waals surface area contributed by atoms with Crippen molar-refractivity contribution < 1.29 is 0 Å². The number of rotatable bonds is 2. The molecular formula is C14H16N2S. The summed E-state index contributed by atoms with van der Waals surface area (Å²) in [5, 5.41) is 0. The van der Waals surface area contributed by atoms with Gasteiger partial charge in [-0.25, -0.2) is 0 Å². The van der Waals surface area contributed by atoms with Gasteiger partial charge in [0.05, 0.1) is 0 Å². The van der Waals surface area contributed by atoms with Gasteiger partial charge in [0, 0.05) is 11.9 Å². The van der Waals surface area contributed by atoms with E-state index in [1.807, 2.05) is 6.20 Å². The molecular weight excluding hydrogens is 228 g/mol. The van der Waals surface area contributed by atoms with Gasteiger partial charge in [-0.2, -0.15) is 0 Å². The van der Waals surface area contributed by atoms with E-state index in [1.54, 1.807) is 0 Å². The first kappa shape index (κ1) is 10.8. The van der Waals surface area contributed by atoms with Crippen molar-refractivity contribution in [2.45, 2.75) is 32.1 Å². The number of hydrogen-bond donors (Lipinski definition) is 2. The smallest absolute Gasteiger partial charge is 0.174 e. The molecule has 0 radical (unpaired) electrons. The first-order chi connectivity index (χ1) is 8.22. The number of fused-ring (bicyclic) bond motifs is 1. The van der Waals surface area contributed by atoms with Crippen LogP contribution in [0.1, 0.15) is 34.7 Å². The van der Waals surface area contributed by atoms with E-state index in [9.17, 15) is 0 Å². The Hall–Kier alpha value is -1.35. The van der Waals surface area contributed by atoms with Crippen LogP contribution in [-0.4, -0.2) is 9.97 Å². The van der Waals surface area contributed by atoms with Gasteiger partial charge in [-0.3, -0.25) is 0 Å². The summed E-state index contributed by atoms with van der Waals surface area (Å²) in [4.78, 5) is 6.24. The molecule has 0 saturated heterocycles. The molecule has 0 aliphatic heterocycles. The Morgan fingerprint density at radius 2 is 2.29 bits per heavy atom. The molecule has 1 unspecified atom stereocenters. The fourth-order valence-electron chi connectivity index (χ4n) is 2.77. The number of aromatic amines is 2. The zero-order chi connectivity index (χ0) is 11.8. The van der Waals surface area contributed by atoms with Gasteiger partial charge in [-0.1, -0.05) is 23.8 Å². The molecule has 2 nitrogen and oxygen atoms in total. The second kappa shape index (κ2) is 4.15. The minimum atomic E-state index is 0.645. The van der Waals surface area contributed by atoms with Crippen LogP contribution in [-0.2, 0) is 12.8 Å². The van der Waals surface area contributed by atoms with E-state index in [2.05, 4.69) is 35.1 Å². The van der Waals surface area contributed by atoms with Crippen molar-refractivity contribution >= 4 is 12.2 Å². The standard InChI is InChI=1S/C14H16N2S/c1-9-2-3-10-4-5-11(13(10)6-9)7-12-8-15-14(17)16-12/h2-3,6,8,11H,4-5,7H2,1H3,(H2,15,16,17). The number of aromatic nitrogens is 2. The van der Waals surface area contributed by atoms with Crippen LogP contribution < -0.4 is 0 Å². The summed E-state index contributed by atoms with van der Waals surface area (Å²) in [5.74, 6) is 0.645. The highest BCUT2D eigenvalue weighted by atomic mass is 32.1. The van der Waals surface area contributed by atoms with Crippen LogP contribution in [0.15, 0.2) is 24.4 Å². The Bertz CT molecular complexity index is 594. The minimum absolute atomic E-state index is 0.645. The van der Waals surface area contributed by atoms with Crippen LogP contribution in [0.25, 0.3) is 0 Å². The number of benzene rings is 1. The number of aryl methyl sites for hydroxylation is 2. The first-order valence-corrected chi connectivity index (χ1v) is 6.49. The summed E-state index contributed by atoms with van der Waals surface area (Å²) < 4.78 is 0.725. The maximum Gasteiger partial charge on any atom is 0.174 e. The fraction of sp³-hybridized carbons (Fsp3) is 0.357. The molecule has 17 heavy (non-hydrogen) atoms. The van der Waals surface area contributed by atoms with Crippen molar-refractivity contribution in [1.29, 1.82) is 0 Å². The normalized spacial score (nSPS) is 18.3. The number of nitrogens with one attached hydrogen (secondary N) is 2. The SMILES string of the molecule is Cc1ccc2c(c1)C(Cc1c[nH]c(=S)[nH]1)CC2. The van der Waals surface area contributed by atoms with Gasteiger partial charge in [0.2, 0.25) is 0 Å². The maximum absolute atomic E-state index is 5.06. The summed E-state index contributed by atoms with van der Waals surface area (Å²) in [6.45, 7) is 2.17. The second-order valence-electron chi connectivity index (χ2n) is 4.91. The number of H-pyrrole nitrogens is 2. The summed E-state index contributed by atoms with van der Waals surface area (Å²) in [5.41, 5.74) is 5.63. The average Bonchev–Trinajstić information content (AvgIpc) is 2.87. The molecule has 0 bridgehead atoms. The van der Waals surface area contributed by atoms with Crippen molar-refractivity contribution in [2.24, 2.45) is 0 Å². The monoisotopic (exact) mass is 244 g/mol. The van der Waals surface area contributed by atoms with Crippen molar-refractivity contribution in [3.8, 4) is 0 Å². The van der Waals surface area contributed by atoms with Crippen LogP contribution in [0.3, 0.4) is 0 Å². The van der Waals surface area contributed by atoms with Gasteiger partial charge in [-0.05, 0) is 55.4 Å². The van der Waals surface area contributed by atoms with Crippen LogP contribution in [0.2, 0.25) is 0 Å². The molecule has 0 fully saturated rings. The molecule has 1 heterocycles. The molecule has 1 aromatic carbocycles. The zero-order valence-corrected chi connectivity index (χ0v) is 10.7. The third-order valence-electron chi connectivity index (χ3n) is 3.62. The van der Waals surface area contributed by atoms with Gasteiger partial charge in [0.1, 0.15) is 0 Å². The highest BCUT2D eigenvalue weighted by Crippen LogP contribution is 2.35. The maximum atomic E-state index is 5.06. The van der Waals surface area contributed by atoms with E-state index in [0.29, 0.717) is 5.92 Å². The Labute approximate surface area is 106 Å². The van der Waals surface area contributed by atoms with Crippen molar-refractivity contribution in [1.82, 2.24) is 9.97 Å². The van der Waals surface area contributed by atoms with E-state index in [0.717, 1.165) is 11.2 Å². The van der Waals surface area contributed by atoms with Crippen LogP contribution in [0.4, 0.5) is 0 Å². The van der Waals surface area contributed by atoms with Gasteiger partial charge < -0.3 is 9.97 Å². The molecule has 3 heteroatoms. The van der Waals surface area contributed by atoms with Crippen LogP contribution in [0.5, 0.6) is 0 Å². The van der Waals surface area contributed by atoms with Gasteiger partial charge in [0.25, 0.3) is 0 Å². The quantitative estimate of drug-likeness (QED) is 0.776. The molecule has 0 saturated carbocycles. The molecule has 1 aromatic heterocycles. The van der Waals surface area contributed by atoms with E-state index < -0.39 is 0 Å². The topological polar surface area (TPSA) is 31.6 Å². The lowest BCUT2D eigenvalue weighted by molar-refractivity contribution is 0.665. The molecule has 2 aromatic rings. The summed E-state index contributed by atoms with van der Waals surface area (Å²) in [6.07, 6.45) is 5.52. The van der Waals surface area contributed by atoms with E-state index >= 15 is 0 Å². The van der Waals surface area contributed by atoms with Gasteiger partial charge in [-0.15, -0.1) is 0 Å². The van der Waals surface area contributed by atoms with E-state index in [1.165, 1.54) is 35.2 Å². The summed E-state index contributed by atoms with van der Waals surface area (Å²) in [7, 11) is 0. The Morgan fingerprint density at radius 3 is 3.06 bits per heavy atom. The predicted octanol–water partition coefficient (Wildman–Crippen LogP) is 3.65. The lowest BCUT2D eigenvalue weighted by Crippen LogP contribution is -1.99. The first-order valence-electron chi connectivity index (χ1n) is 6.08. The molecule has 0 amide bonds. The van der Waals surface area contributed by atoms with Crippen molar-refractivity contribution in [3.63, 3.8) is 0 Å². The third-order valence-corrected chi connectivity index (χ3v) is 3.84. The molecule has 2 N–H and O–H groups in total. The van der Waals surface area contributed by atoms with Crippen molar-refractivity contribution in [2.75, 3.05) is 0 Å². The number of hydrogen-bond acceptors (Lipinski definition) is 1. The molecule has 1 aliphatic rings.